The molecule has 0 N–H and O–H groups in total. The number of benzene rings is 2. The zero-order valence-corrected chi connectivity index (χ0v) is 11.8. The summed E-state index contributed by atoms with van der Waals surface area (Å²) in [5.41, 5.74) is 3.52. The summed E-state index contributed by atoms with van der Waals surface area (Å²) in [6.45, 7) is 7.35. The van der Waals surface area contributed by atoms with Gasteiger partial charge in [-0.1, -0.05) is 50.2 Å². The van der Waals surface area contributed by atoms with E-state index in [4.69, 9.17) is 9.47 Å². The first-order chi connectivity index (χ1) is 9.36. The molecule has 2 heteroatoms. The molecule has 0 radical (unpaired) electrons. The molecule has 2 aromatic carbocycles. The van der Waals surface area contributed by atoms with Crippen LogP contribution in [0.25, 0.3) is 11.1 Å². The van der Waals surface area contributed by atoms with Gasteiger partial charge in [0, 0.05) is 5.56 Å². The summed E-state index contributed by atoms with van der Waals surface area (Å²) >= 11 is 0. The first kappa shape index (κ1) is 13.5. The lowest BCUT2D eigenvalue weighted by Gasteiger charge is -2.22. The van der Waals surface area contributed by atoms with Crippen LogP contribution in [0.15, 0.2) is 42.5 Å². The summed E-state index contributed by atoms with van der Waals surface area (Å²) in [6.07, 6.45) is 0. The number of rotatable bonds is 1. The molecule has 0 fully saturated rings. The van der Waals surface area contributed by atoms with Crippen molar-refractivity contribution in [1.29, 1.82) is 0 Å². The van der Waals surface area contributed by atoms with Crippen molar-refractivity contribution in [1.82, 2.24) is 0 Å². The second kappa shape index (κ2) is 6.28. The fraction of sp³-hybridized carbons (Fsp3) is 0.294. The van der Waals surface area contributed by atoms with Gasteiger partial charge < -0.3 is 9.47 Å². The van der Waals surface area contributed by atoms with Gasteiger partial charge in [-0.2, -0.15) is 0 Å². The Bertz CT molecular complexity index is 532. The van der Waals surface area contributed by atoms with Gasteiger partial charge in [-0.05, 0) is 24.1 Å². The highest BCUT2D eigenvalue weighted by Gasteiger charge is 2.18. The van der Waals surface area contributed by atoms with E-state index in [1.165, 1.54) is 11.1 Å². The molecular weight excluding hydrogens is 236 g/mol. The zero-order chi connectivity index (χ0) is 13.7. The van der Waals surface area contributed by atoms with Crippen LogP contribution in [0.1, 0.15) is 19.4 Å². The molecule has 0 atom stereocenters. The van der Waals surface area contributed by atoms with Crippen LogP contribution in [0, 0.1) is 6.92 Å². The maximum atomic E-state index is 5.76. The highest BCUT2D eigenvalue weighted by molar-refractivity contribution is 5.77. The van der Waals surface area contributed by atoms with Crippen molar-refractivity contribution in [3.8, 4) is 22.6 Å². The lowest BCUT2D eigenvalue weighted by Crippen LogP contribution is -2.16. The Hall–Kier alpha value is -1.96. The van der Waals surface area contributed by atoms with Crippen molar-refractivity contribution < 1.29 is 9.47 Å². The van der Waals surface area contributed by atoms with Crippen LogP contribution in [0.3, 0.4) is 0 Å². The van der Waals surface area contributed by atoms with Crippen molar-refractivity contribution in [2.75, 3.05) is 13.2 Å². The van der Waals surface area contributed by atoms with E-state index in [-0.39, 0.29) is 0 Å². The first-order valence-electron chi connectivity index (χ1n) is 6.81. The largest absolute Gasteiger partial charge is 0.486 e. The Morgan fingerprint density at radius 3 is 2.26 bits per heavy atom. The molecule has 0 aromatic heterocycles. The zero-order valence-electron chi connectivity index (χ0n) is 11.8. The Morgan fingerprint density at radius 2 is 1.53 bits per heavy atom. The predicted octanol–water partition coefficient (Wildman–Crippen LogP) is 4.46. The minimum atomic E-state index is 0.621. The Balaban J connectivity index is 0.000000637. The minimum absolute atomic E-state index is 0.621. The number of fused-ring (bicyclic) bond motifs is 1. The van der Waals surface area contributed by atoms with Crippen molar-refractivity contribution in [3.05, 3.63) is 48.0 Å². The molecule has 0 aliphatic carbocycles. The van der Waals surface area contributed by atoms with E-state index in [1.807, 2.05) is 38.1 Å². The molecule has 0 saturated carbocycles. The molecule has 0 saturated heterocycles. The summed E-state index contributed by atoms with van der Waals surface area (Å²) < 4.78 is 11.4. The van der Waals surface area contributed by atoms with Crippen LogP contribution >= 0.6 is 0 Å². The van der Waals surface area contributed by atoms with Crippen LogP contribution in [-0.2, 0) is 0 Å². The van der Waals surface area contributed by atoms with Gasteiger partial charge in [-0.25, -0.2) is 0 Å². The smallest absolute Gasteiger partial charge is 0.169 e. The quantitative estimate of drug-likeness (QED) is 0.750. The summed E-state index contributed by atoms with van der Waals surface area (Å²) in [5.74, 6) is 1.73. The monoisotopic (exact) mass is 256 g/mol. The molecule has 3 rings (SSSR count). The maximum absolute atomic E-state index is 5.76. The Morgan fingerprint density at radius 1 is 0.842 bits per heavy atom. The molecule has 1 aliphatic rings. The number of aryl methyl sites for hydroxylation is 1. The number of hydrogen-bond donors (Lipinski definition) is 0. The van der Waals surface area contributed by atoms with Gasteiger partial charge in [0.25, 0.3) is 0 Å². The average molecular weight is 256 g/mol. The van der Waals surface area contributed by atoms with Crippen molar-refractivity contribution in [2.45, 2.75) is 20.8 Å². The number of ether oxygens (including phenoxy) is 2. The topological polar surface area (TPSA) is 18.5 Å². The van der Waals surface area contributed by atoms with Crippen molar-refractivity contribution >= 4 is 0 Å². The molecular formula is C17H20O2. The van der Waals surface area contributed by atoms with Crippen molar-refractivity contribution in [3.63, 3.8) is 0 Å². The first-order valence-corrected chi connectivity index (χ1v) is 6.81. The molecule has 1 heterocycles. The fourth-order valence-corrected chi connectivity index (χ4v) is 2.18. The minimum Gasteiger partial charge on any atom is -0.486 e. The highest BCUT2D eigenvalue weighted by Crippen LogP contribution is 2.41. The second-order valence-corrected chi connectivity index (χ2v) is 4.15. The molecule has 1 aliphatic heterocycles. The summed E-state index contributed by atoms with van der Waals surface area (Å²) in [4.78, 5) is 0. The van der Waals surface area contributed by atoms with Crippen molar-refractivity contribution in [2.24, 2.45) is 0 Å². The van der Waals surface area contributed by atoms with Gasteiger partial charge in [0.15, 0.2) is 11.5 Å². The van der Waals surface area contributed by atoms with Gasteiger partial charge in [0.2, 0.25) is 0 Å². The van der Waals surface area contributed by atoms with E-state index < -0.39 is 0 Å². The van der Waals surface area contributed by atoms with Crippen LogP contribution in [-0.4, -0.2) is 13.2 Å². The Kier molecular flexibility index (Phi) is 4.45. The van der Waals surface area contributed by atoms with Crippen LogP contribution in [0.5, 0.6) is 11.5 Å². The fourth-order valence-electron chi connectivity index (χ4n) is 2.18. The maximum Gasteiger partial charge on any atom is 0.169 e. The van der Waals surface area contributed by atoms with Gasteiger partial charge in [-0.3, -0.25) is 0 Å². The van der Waals surface area contributed by atoms with E-state index in [0.29, 0.717) is 13.2 Å². The standard InChI is InChI=1S/C15H14O2.C2H6/c1-11-7-8-13-15(17-10-9-16-13)14(11)12-5-3-2-4-6-12;1-2/h2-8H,9-10H2,1H3;1-2H3. The lowest BCUT2D eigenvalue weighted by atomic mass is 9.99. The normalized spacial score (nSPS) is 12.4. The molecule has 2 aromatic rings. The average Bonchev–Trinajstić information content (AvgIpc) is 2.50. The molecule has 2 nitrogen and oxygen atoms in total. The van der Waals surface area contributed by atoms with Gasteiger partial charge >= 0.3 is 0 Å². The third-order valence-electron chi connectivity index (χ3n) is 2.98. The third-order valence-corrected chi connectivity index (χ3v) is 2.98. The van der Waals surface area contributed by atoms with Gasteiger partial charge in [0.1, 0.15) is 13.2 Å². The second-order valence-electron chi connectivity index (χ2n) is 4.15. The van der Waals surface area contributed by atoms with E-state index >= 15 is 0 Å². The molecule has 0 amide bonds. The molecule has 0 spiro atoms. The molecule has 19 heavy (non-hydrogen) atoms. The molecule has 0 unspecified atom stereocenters. The summed E-state index contributed by atoms with van der Waals surface area (Å²) in [5, 5.41) is 0. The third kappa shape index (κ3) is 2.73. The van der Waals surface area contributed by atoms with E-state index in [2.05, 4.69) is 25.1 Å². The van der Waals surface area contributed by atoms with Crippen LogP contribution in [0.4, 0.5) is 0 Å². The van der Waals surface area contributed by atoms with E-state index in [0.717, 1.165) is 17.1 Å². The van der Waals surface area contributed by atoms with Gasteiger partial charge in [-0.15, -0.1) is 0 Å². The summed E-state index contributed by atoms with van der Waals surface area (Å²) in [6, 6.07) is 14.4. The van der Waals surface area contributed by atoms with Crippen LogP contribution < -0.4 is 9.47 Å². The predicted molar refractivity (Wildman–Crippen MR) is 79.0 cm³/mol. The molecule has 100 valence electrons. The van der Waals surface area contributed by atoms with E-state index in [1.54, 1.807) is 0 Å². The highest BCUT2D eigenvalue weighted by atomic mass is 16.6. The number of hydrogen-bond acceptors (Lipinski definition) is 2. The van der Waals surface area contributed by atoms with Gasteiger partial charge in [0.05, 0.1) is 0 Å². The Labute approximate surface area is 115 Å². The molecule has 0 bridgehead atoms. The SMILES string of the molecule is CC.Cc1ccc2c(c1-c1ccccc1)OCCO2. The van der Waals surface area contributed by atoms with E-state index in [9.17, 15) is 0 Å². The van der Waals surface area contributed by atoms with Crippen LogP contribution in [0.2, 0.25) is 0 Å². The summed E-state index contributed by atoms with van der Waals surface area (Å²) in [7, 11) is 0. The lowest BCUT2D eigenvalue weighted by molar-refractivity contribution is 0.172.